The van der Waals surface area contributed by atoms with Gasteiger partial charge < -0.3 is 20.1 Å². The summed E-state index contributed by atoms with van der Waals surface area (Å²) in [5.41, 5.74) is 2.45. The van der Waals surface area contributed by atoms with Gasteiger partial charge in [-0.15, -0.1) is 0 Å². The van der Waals surface area contributed by atoms with Crippen molar-refractivity contribution in [2.24, 2.45) is 0 Å². The highest BCUT2D eigenvalue weighted by Crippen LogP contribution is 2.29. The molecule has 1 heterocycles. The van der Waals surface area contributed by atoms with Crippen molar-refractivity contribution in [2.45, 2.75) is 6.92 Å². The number of methoxy groups -OCH3 is 1. The lowest BCUT2D eigenvalue weighted by molar-refractivity contribution is -0.118. The van der Waals surface area contributed by atoms with Crippen molar-refractivity contribution < 1.29 is 23.9 Å². The number of benzene rings is 2. The summed E-state index contributed by atoms with van der Waals surface area (Å²) < 4.78 is 9.95. The second-order valence-electron chi connectivity index (χ2n) is 5.52. The Bertz CT molecular complexity index is 876. The summed E-state index contributed by atoms with van der Waals surface area (Å²) in [5.74, 6) is -0.608. The van der Waals surface area contributed by atoms with Gasteiger partial charge >= 0.3 is 5.97 Å². The first-order chi connectivity index (χ1) is 12.0. The molecule has 0 atom stereocenters. The van der Waals surface area contributed by atoms with Gasteiger partial charge in [0.05, 0.1) is 18.4 Å². The number of anilines is 2. The monoisotopic (exact) mass is 340 g/mol. The zero-order valence-electron chi connectivity index (χ0n) is 13.7. The Morgan fingerprint density at radius 3 is 2.68 bits per heavy atom. The van der Waals surface area contributed by atoms with Crippen molar-refractivity contribution in [2.75, 3.05) is 24.4 Å². The van der Waals surface area contributed by atoms with Crippen LogP contribution < -0.4 is 15.4 Å². The molecular weight excluding hydrogens is 324 g/mol. The average Bonchev–Trinajstić information content (AvgIpc) is 2.62. The molecule has 1 aliphatic rings. The second kappa shape index (κ2) is 6.64. The molecule has 7 nitrogen and oxygen atoms in total. The molecule has 0 radical (unpaired) electrons. The Morgan fingerprint density at radius 1 is 1.16 bits per heavy atom. The van der Waals surface area contributed by atoms with Gasteiger partial charge in [-0.2, -0.15) is 0 Å². The third-order valence-electron chi connectivity index (χ3n) is 3.78. The van der Waals surface area contributed by atoms with E-state index in [1.807, 2.05) is 6.92 Å². The summed E-state index contributed by atoms with van der Waals surface area (Å²) in [6.07, 6.45) is 0. The molecular formula is C18H16N2O5. The molecule has 0 saturated carbocycles. The van der Waals surface area contributed by atoms with E-state index in [1.54, 1.807) is 36.4 Å². The predicted octanol–water partition coefficient (Wildman–Crippen LogP) is 2.36. The van der Waals surface area contributed by atoms with Crippen molar-refractivity contribution in [1.29, 1.82) is 0 Å². The van der Waals surface area contributed by atoms with Crippen LogP contribution in [0.1, 0.15) is 26.3 Å². The van der Waals surface area contributed by atoms with Crippen molar-refractivity contribution in [3.63, 3.8) is 0 Å². The number of amides is 2. The molecule has 2 amide bonds. The molecule has 2 aromatic rings. The van der Waals surface area contributed by atoms with Crippen LogP contribution in [0, 0.1) is 6.92 Å². The van der Waals surface area contributed by atoms with Gasteiger partial charge in [0, 0.05) is 11.3 Å². The third kappa shape index (κ3) is 3.45. The van der Waals surface area contributed by atoms with Gasteiger partial charge in [-0.1, -0.05) is 6.07 Å². The molecule has 2 N–H and O–H groups in total. The van der Waals surface area contributed by atoms with Crippen LogP contribution in [0.2, 0.25) is 0 Å². The van der Waals surface area contributed by atoms with Crippen LogP contribution in [-0.4, -0.2) is 31.5 Å². The van der Waals surface area contributed by atoms with Gasteiger partial charge in [-0.3, -0.25) is 9.59 Å². The lowest BCUT2D eigenvalue weighted by atomic mass is 10.1. The number of hydrogen-bond acceptors (Lipinski definition) is 5. The Hall–Kier alpha value is -3.35. The standard InChI is InChI=1S/C18H16N2O5/c1-10-3-4-12(18(23)24-2)8-13(10)20-17(22)11-5-6-15-14(7-11)19-16(21)9-25-15/h3-8H,9H2,1-2H3,(H,19,21)(H,20,22). The van der Waals surface area contributed by atoms with Gasteiger partial charge in [0.2, 0.25) is 0 Å². The minimum Gasteiger partial charge on any atom is -0.482 e. The maximum absolute atomic E-state index is 12.5. The fraction of sp³-hybridized carbons (Fsp3) is 0.167. The summed E-state index contributed by atoms with van der Waals surface area (Å²) in [6, 6.07) is 9.68. The smallest absolute Gasteiger partial charge is 0.337 e. The van der Waals surface area contributed by atoms with E-state index >= 15 is 0 Å². The zero-order valence-corrected chi connectivity index (χ0v) is 13.7. The number of carbonyl (C=O) groups is 3. The molecule has 0 aromatic heterocycles. The fourth-order valence-electron chi connectivity index (χ4n) is 2.42. The van der Waals surface area contributed by atoms with Gasteiger partial charge in [0.1, 0.15) is 5.75 Å². The van der Waals surface area contributed by atoms with Crippen molar-refractivity contribution in [3.05, 3.63) is 53.1 Å². The van der Waals surface area contributed by atoms with Crippen LogP contribution in [0.4, 0.5) is 11.4 Å². The molecule has 0 unspecified atom stereocenters. The summed E-state index contributed by atoms with van der Waals surface area (Å²) >= 11 is 0. The third-order valence-corrected chi connectivity index (χ3v) is 3.78. The summed E-state index contributed by atoms with van der Waals surface area (Å²) in [4.78, 5) is 35.5. The molecule has 0 saturated heterocycles. The van der Waals surface area contributed by atoms with Crippen molar-refractivity contribution >= 4 is 29.2 Å². The van der Waals surface area contributed by atoms with Gasteiger partial charge in [0.15, 0.2) is 6.61 Å². The SMILES string of the molecule is COC(=O)c1ccc(C)c(NC(=O)c2ccc3c(c2)NC(=O)CO3)c1. The number of hydrogen-bond donors (Lipinski definition) is 2. The first-order valence-corrected chi connectivity index (χ1v) is 7.55. The summed E-state index contributed by atoms with van der Waals surface area (Å²) in [5, 5.41) is 5.42. The number of rotatable bonds is 3. The molecule has 7 heteroatoms. The van der Waals surface area contributed by atoms with E-state index in [1.165, 1.54) is 7.11 Å². The topological polar surface area (TPSA) is 93.7 Å². The number of fused-ring (bicyclic) bond motifs is 1. The Balaban J connectivity index is 1.84. The number of nitrogens with one attached hydrogen (secondary N) is 2. The minimum absolute atomic E-state index is 0.0436. The Morgan fingerprint density at radius 2 is 1.92 bits per heavy atom. The predicted molar refractivity (Wildman–Crippen MR) is 91.0 cm³/mol. The minimum atomic E-state index is -0.482. The lowest BCUT2D eigenvalue weighted by Crippen LogP contribution is -2.25. The van der Waals surface area contributed by atoms with Crippen molar-refractivity contribution in [3.8, 4) is 5.75 Å². The number of aryl methyl sites for hydroxylation is 1. The molecule has 0 aliphatic carbocycles. The van der Waals surface area contributed by atoms with E-state index < -0.39 is 5.97 Å². The second-order valence-corrected chi connectivity index (χ2v) is 5.52. The Labute approximate surface area is 143 Å². The highest BCUT2D eigenvalue weighted by molar-refractivity contribution is 6.07. The average molecular weight is 340 g/mol. The maximum atomic E-state index is 12.5. The van der Waals surface area contributed by atoms with Gasteiger partial charge in [-0.25, -0.2) is 4.79 Å². The maximum Gasteiger partial charge on any atom is 0.337 e. The van der Waals surface area contributed by atoms with Crippen LogP contribution in [0.3, 0.4) is 0 Å². The first-order valence-electron chi connectivity index (χ1n) is 7.55. The normalized spacial score (nSPS) is 12.5. The molecule has 3 rings (SSSR count). The molecule has 2 aromatic carbocycles. The van der Waals surface area contributed by atoms with E-state index in [9.17, 15) is 14.4 Å². The molecule has 25 heavy (non-hydrogen) atoms. The highest BCUT2D eigenvalue weighted by atomic mass is 16.5. The van der Waals surface area contributed by atoms with Crippen LogP contribution >= 0.6 is 0 Å². The number of esters is 1. The highest BCUT2D eigenvalue weighted by Gasteiger charge is 2.18. The summed E-state index contributed by atoms with van der Waals surface area (Å²) in [7, 11) is 1.30. The first kappa shape index (κ1) is 16.5. The van der Waals surface area contributed by atoms with Gasteiger partial charge in [0.25, 0.3) is 11.8 Å². The number of carbonyl (C=O) groups excluding carboxylic acids is 3. The number of ether oxygens (including phenoxy) is 2. The van der Waals surface area contributed by atoms with E-state index in [0.717, 1.165) is 5.56 Å². The molecule has 0 fully saturated rings. The molecule has 0 spiro atoms. The molecule has 128 valence electrons. The zero-order chi connectivity index (χ0) is 18.0. The quantitative estimate of drug-likeness (QED) is 0.837. The van der Waals surface area contributed by atoms with Crippen LogP contribution in [0.5, 0.6) is 5.75 Å². The van der Waals surface area contributed by atoms with E-state index in [2.05, 4.69) is 15.4 Å². The van der Waals surface area contributed by atoms with Gasteiger partial charge in [-0.05, 0) is 42.8 Å². The van der Waals surface area contributed by atoms with Crippen molar-refractivity contribution in [1.82, 2.24) is 0 Å². The summed E-state index contributed by atoms with van der Waals surface area (Å²) in [6.45, 7) is 1.77. The lowest BCUT2D eigenvalue weighted by Gasteiger charge is -2.18. The van der Waals surface area contributed by atoms with E-state index in [0.29, 0.717) is 28.3 Å². The van der Waals surface area contributed by atoms with E-state index in [4.69, 9.17) is 4.74 Å². The fourth-order valence-corrected chi connectivity index (χ4v) is 2.42. The van der Waals surface area contributed by atoms with Crippen LogP contribution in [0.25, 0.3) is 0 Å². The largest absolute Gasteiger partial charge is 0.482 e. The van der Waals surface area contributed by atoms with Crippen LogP contribution in [0.15, 0.2) is 36.4 Å². The Kier molecular flexibility index (Phi) is 4.38. The molecule has 1 aliphatic heterocycles. The molecule has 0 bridgehead atoms. The van der Waals surface area contributed by atoms with Crippen LogP contribution in [-0.2, 0) is 9.53 Å². The van der Waals surface area contributed by atoms with E-state index in [-0.39, 0.29) is 18.4 Å².